The zero-order valence-corrected chi connectivity index (χ0v) is 9.20. The summed E-state index contributed by atoms with van der Waals surface area (Å²) >= 11 is 2.21. The number of hydrogen-bond donors (Lipinski definition) is 1. The Hall–Kier alpha value is 0.260. The molecule has 1 saturated heterocycles. The maximum atomic E-state index is 12.9. The standard InChI is InChI=1S/C8H13BrF2O2/c1-6(2)5-7(12,3-4-13-6)8(9,10)11/h12H,3-5H2,1-2H3. The van der Waals surface area contributed by atoms with Gasteiger partial charge >= 0.3 is 4.83 Å². The molecule has 1 N–H and O–H groups in total. The van der Waals surface area contributed by atoms with E-state index in [2.05, 4.69) is 15.9 Å². The molecular formula is C8H13BrF2O2. The van der Waals surface area contributed by atoms with Gasteiger partial charge in [-0.1, -0.05) is 0 Å². The van der Waals surface area contributed by atoms with Gasteiger partial charge in [-0.15, -0.1) is 0 Å². The monoisotopic (exact) mass is 258 g/mol. The second-order valence-electron chi connectivity index (χ2n) is 4.06. The first-order valence-corrected chi connectivity index (χ1v) is 4.89. The number of hydrogen-bond acceptors (Lipinski definition) is 2. The van der Waals surface area contributed by atoms with Gasteiger partial charge < -0.3 is 9.84 Å². The molecule has 0 aromatic heterocycles. The lowest BCUT2D eigenvalue weighted by Crippen LogP contribution is -2.54. The molecular weight excluding hydrogens is 246 g/mol. The van der Waals surface area contributed by atoms with Crippen LogP contribution < -0.4 is 0 Å². The SMILES string of the molecule is CC1(C)CC(O)(C(F)(F)Br)CCO1. The highest BCUT2D eigenvalue weighted by atomic mass is 79.9. The maximum absolute atomic E-state index is 12.9. The zero-order valence-electron chi connectivity index (χ0n) is 7.61. The zero-order chi connectivity index (χ0) is 10.3. The highest BCUT2D eigenvalue weighted by molar-refractivity contribution is 9.10. The first kappa shape index (κ1) is 11.3. The molecule has 0 aromatic carbocycles. The van der Waals surface area contributed by atoms with Gasteiger partial charge in [-0.3, -0.25) is 0 Å². The van der Waals surface area contributed by atoms with Gasteiger partial charge in [0.05, 0.1) is 12.2 Å². The molecule has 0 amide bonds. The van der Waals surface area contributed by atoms with Crippen molar-refractivity contribution in [1.82, 2.24) is 0 Å². The van der Waals surface area contributed by atoms with E-state index in [1.807, 2.05) is 0 Å². The third kappa shape index (κ3) is 2.39. The van der Waals surface area contributed by atoms with Crippen molar-refractivity contribution >= 4 is 15.9 Å². The van der Waals surface area contributed by atoms with Crippen LogP contribution in [0.15, 0.2) is 0 Å². The molecule has 0 saturated carbocycles. The van der Waals surface area contributed by atoms with Gasteiger partial charge in [0.25, 0.3) is 0 Å². The first-order chi connectivity index (χ1) is 5.66. The van der Waals surface area contributed by atoms with Gasteiger partial charge in [-0.25, -0.2) is 0 Å². The highest BCUT2D eigenvalue weighted by Crippen LogP contribution is 2.45. The van der Waals surface area contributed by atoms with Gasteiger partial charge in [-0.05, 0) is 29.8 Å². The molecule has 1 unspecified atom stereocenters. The highest BCUT2D eigenvalue weighted by Gasteiger charge is 2.55. The molecule has 1 aliphatic rings. The molecule has 1 aliphatic heterocycles. The molecule has 1 rings (SSSR count). The summed E-state index contributed by atoms with van der Waals surface area (Å²) in [4.78, 5) is -3.25. The molecule has 5 heteroatoms. The second kappa shape index (κ2) is 3.14. The van der Waals surface area contributed by atoms with Crippen molar-refractivity contribution in [3.8, 4) is 0 Å². The van der Waals surface area contributed by atoms with E-state index in [-0.39, 0.29) is 19.4 Å². The van der Waals surface area contributed by atoms with Crippen LogP contribution in [0.2, 0.25) is 0 Å². The van der Waals surface area contributed by atoms with Crippen LogP contribution >= 0.6 is 15.9 Å². The molecule has 0 radical (unpaired) electrons. The van der Waals surface area contributed by atoms with E-state index in [1.165, 1.54) is 0 Å². The summed E-state index contributed by atoms with van der Waals surface area (Å²) in [6.45, 7) is 3.54. The van der Waals surface area contributed by atoms with Crippen molar-refractivity contribution < 1.29 is 18.6 Å². The number of rotatable bonds is 1. The number of aliphatic hydroxyl groups is 1. The first-order valence-electron chi connectivity index (χ1n) is 4.09. The van der Waals surface area contributed by atoms with Gasteiger partial charge in [-0.2, -0.15) is 8.78 Å². The normalized spacial score (nSPS) is 34.6. The van der Waals surface area contributed by atoms with Gasteiger partial charge in [0, 0.05) is 12.8 Å². The number of alkyl halides is 3. The summed E-state index contributed by atoms with van der Waals surface area (Å²) in [5.74, 6) is 0. The molecule has 2 nitrogen and oxygen atoms in total. The predicted molar refractivity (Wildman–Crippen MR) is 48.1 cm³/mol. The Morgan fingerprint density at radius 3 is 2.31 bits per heavy atom. The van der Waals surface area contributed by atoms with Crippen molar-refractivity contribution in [2.45, 2.75) is 42.7 Å². The fourth-order valence-electron chi connectivity index (χ4n) is 1.58. The van der Waals surface area contributed by atoms with Crippen molar-refractivity contribution in [2.75, 3.05) is 6.61 Å². The minimum Gasteiger partial charge on any atom is -0.382 e. The Kier molecular flexibility index (Phi) is 2.74. The van der Waals surface area contributed by atoms with Crippen molar-refractivity contribution in [2.24, 2.45) is 0 Å². The minimum absolute atomic E-state index is 0.0469. The topological polar surface area (TPSA) is 29.5 Å². The molecule has 0 bridgehead atoms. The summed E-state index contributed by atoms with van der Waals surface area (Å²) in [6, 6.07) is 0. The Bertz CT molecular complexity index is 203. The Morgan fingerprint density at radius 1 is 1.46 bits per heavy atom. The van der Waals surface area contributed by atoms with E-state index in [4.69, 9.17) is 4.74 Å². The van der Waals surface area contributed by atoms with E-state index >= 15 is 0 Å². The molecule has 1 fully saturated rings. The molecule has 0 aliphatic carbocycles. The summed E-state index contributed by atoms with van der Waals surface area (Å²) in [5, 5.41) is 9.67. The Balaban J connectivity index is 2.81. The summed E-state index contributed by atoms with van der Waals surface area (Å²) in [5.41, 5.74) is -2.68. The van der Waals surface area contributed by atoms with Gasteiger partial charge in [0.1, 0.15) is 5.60 Å². The Labute approximate surface area is 84.4 Å². The number of halogens is 3. The molecule has 1 heterocycles. The maximum Gasteiger partial charge on any atom is 0.329 e. The average molecular weight is 259 g/mol. The fourth-order valence-corrected chi connectivity index (χ4v) is 1.92. The predicted octanol–water partition coefficient (Wildman–Crippen LogP) is 2.29. The lowest BCUT2D eigenvalue weighted by Gasteiger charge is -2.43. The van der Waals surface area contributed by atoms with Crippen LogP contribution in [0.5, 0.6) is 0 Å². The van der Waals surface area contributed by atoms with Crippen LogP contribution in [-0.2, 0) is 4.74 Å². The van der Waals surface area contributed by atoms with E-state index in [9.17, 15) is 13.9 Å². The van der Waals surface area contributed by atoms with Crippen LogP contribution in [0.1, 0.15) is 26.7 Å². The second-order valence-corrected chi connectivity index (χ2v) is 5.06. The lowest BCUT2D eigenvalue weighted by molar-refractivity contribution is -0.204. The van der Waals surface area contributed by atoms with E-state index in [0.29, 0.717) is 0 Å². The molecule has 1 atom stereocenters. The smallest absolute Gasteiger partial charge is 0.329 e. The van der Waals surface area contributed by atoms with E-state index in [1.54, 1.807) is 13.8 Å². The Morgan fingerprint density at radius 2 is 2.00 bits per heavy atom. The van der Waals surface area contributed by atoms with Gasteiger partial charge in [0.2, 0.25) is 0 Å². The van der Waals surface area contributed by atoms with Crippen LogP contribution in [0, 0.1) is 0 Å². The number of ether oxygens (including phenoxy) is 1. The van der Waals surface area contributed by atoms with Crippen molar-refractivity contribution in [3.63, 3.8) is 0 Å². The van der Waals surface area contributed by atoms with E-state index < -0.39 is 16.0 Å². The molecule has 13 heavy (non-hydrogen) atoms. The van der Waals surface area contributed by atoms with Crippen molar-refractivity contribution in [1.29, 1.82) is 0 Å². The largest absolute Gasteiger partial charge is 0.382 e. The third-order valence-electron chi connectivity index (χ3n) is 2.25. The lowest BCUT2D eigenvalue weighted by atomic mass is 9.84. The summed E-state index contributed by atoms with van der Waals surface area (Å²) in [6.07, 6.45) is -0.118. The fraction of sp³-hybridized carbons (Fsp3) is 1.00. The van der Waals surface area contributed by atoms with Crippen LogP contribution in [0.3, 0.4) is 0 Å². The average Bonchev–Trinajstić information content (AvgIpc) is 1.80. The third-order valence-corrected chi connectivity index (χ3v) is 2.99. The van der Waals surface area contributed by atoms with Crippen LogP contribution in [0.25, 0.3) is 0 Å². The van der Waals surface area contributed by atoms with Gasteiger partial charge in [0.15, 0.2) is 0 Å². The minimum atomic E-state index is -3.25. The van der Waals surface area contributed by atoms with Crippen LogP contribution in [0.4, 0.5) is 8.78 Å². The van der Waals surface area contributed by atoms with Crippen LogP contribution in [-0.4, -0.2) is 27.7 Å². The molecule has 0 aromatic rings. The quantitative estimate of drug-likeness (QED) is 0.732. The van der Waals surface area contributed by atoms with E-state index in [0.717, 1.165) is 0 Å². The van der Waals surface area contributed by atoms with Crippen molar-refractivity contribution in [3.05, 3.63) is 0 Å². The molecule has 78 valence electrons. The summed E-state index contributed by atoms with van der Waals surface area (Å²) < 4.78 is 31.1. The molecule has 0 spiro atoms. The summed E-state index contributed by atoms with van der Waals surface area (Å²) in [7, 11) is 0.